The maximum Gasteiger partial charge on any atom is 0.328 e. The van der Waals surface area contributed by atoms with E-state index in [2.05, 4.69) is 98.5 Å². The number of imidazole rings is 2. The van der Waals surface area contributed by atoms with Crippen LogP contribution in [-0.2, 0) is 63.3 Å². The highest BCUT2D eigenvalue weighted by atomic mass is 32.2. The molecule has 8 aromatic rings. The van der Waals surface area contributed by atoms with Gasteiger partial charge in [-0.05, 0) is 85.8 Å². The molecule has 36 nitrogen and oxygen atoms in total. The van der Waals surface area contributed by atoms with Crippen LogP contribution in [0.15, 0.2) is 131 Å². The van der Waals surface area contributed by atoms with Crippen molar-refractivity contribution >= 4 is 109 Å². The van der Waals surface area contributed by atoms with Crippen molar-refractivity contribution in [2.45, 2.75) is 87.7 Å². The van der Waals surface area contributed by atoms with E-state index in [1.807, 2.05) is 0 Å². The highest BCUT2D eigenvalue weighted by Gasteiger charge is 2.29. The Kier molecular flexibility index (Phi) is 25.0. The van der Waals surface area contributed by atoms with Gasteiger partial charge in [0.1, 0.15) is 24.2 Å². The molecule has 4 atom stereocenters. The topological polar surface area (TPSA) is 516 Å². The number of aromatic amines is 2. The zero-order valence-corrected chi connectivity index (χ0v) is 52.7. The monoisotopic (exact) mass is 1360 g/mol. The third-order valence-electron chi connectivity index (χ3n) is 14.6. The number of fused-ring (bicyclic) bond motifs is 2. The zero-order chi connectivity index (χ0) is 69.4. The molecule has 0 saturated carbocycles. The van der Waals surface area contributed by atoms with E-state index < -0.39 is 133 Å². The van der Waals surface area contributed by atoms with E-state index in [0.29, 0.717) is 61.7 Å². The fourth-order valence-corrected chi connectivity index (χ4v) is 10.2. The molecule has 0 saturated heterocycles. The molecule has 5 aromatic heterocycles. The summed E-state index contributed by atoms with van der Waals surface area (Å²) in [6.07, 6.45) is 11.2. The van der Waals surface area contributed by atoms with Gasteiger partial charge < -0.3 is 73.3 Å². The predicted molar refractivity (Wildman–Crippen MR) is 344 cm³/mol. The van der Waals surface area contributed by atoms with Gasteiger partial charge in [0.25, 0.3) is 27.8 Å². The van der Waals surface area contributed by atoms with E-state index in [-0.39, 0.29) is 45.9 Å². The van der Waals surface area contributed by atoms with Crippen molar-refractivity contribution in [3.63, 3.8) is 0 Å². The first-order valence-electron chi connectivity index (χ1n) is 30.1. The first-order valence-corrected chi connectivity index (χ1v) is 31.6. The number of H-pyrrole nitrogens is 2. The van der Waals surface area contributed by atoms with Gasteiger partial charge in [-0.2, -0.15) is 23.7 Å². The number of hydrogen-bond acceptors (Lipinski definition) is 21. The van der Waals surface area contributed by atoms with Crippen LogP contribution in [-0.4, -0.2) is 190 Å². The number of rotatable bonds is 37. The van der Waals surface area contributed by atoms with Crippen molar-refractivity contribution in [2.75, 3.05) is 49.9 Å². The lowest BCUT2D eigenvalue weighted by molar-refractivity contribution is -0.142. The minimum absolute atomic E-state index is 0.00351. The molecule has 5 heterocycles. The molecule has 0 radical (unpaired) electrons. The number of aliphatic carboxylic acids is 2. The van der Waals surface area contributed by atoms with Crippen molar-refractivity contribution in [1.29, 1.82) is 0 Å². The molecule has 0 aliphatic rings. The van der Waals surface area contributed by atoms with E-state index in [1.54, 1.807) is 70.8 Å². The molecule has 0 bridgehead atoms. The zero-order valence-electron chi connectivity index (χ0n) is 51.9. The molecular formula is C60H69N21O15S. The van der Waals surface area contributed by atoms with Gasteiger partial charge in [0.2, 0.25) is 29.5 Å². The summed E-state index contributed by atoms with van der Waals surface area (Å²) in [6, 6.07) is 11.4. The van der Waals surface area contributed by atoms with Crippen LogP contribution in [0.1, 0.15) is 75.7 Å². The average Bonchev–Trinajstić information content (AvgIpc) is 1.75. The van der Waals surface area contributed by atoms with Gasteiger partial charge in [-0.3, -0.25) is 52.3 Å². The second-order valence-electron chi connectivity index (χ2n) is 21.5. The van der Waals surface area contributed by atoms with E-state index in [9.17, 15) is 71.1 Å². The van der Waals surface area contributed by atoms with Gasteiger partial charge in [0.15, 0.2) is 17.7 Å². The number of hydrogen-bond donors (Lipinski definition) is 15. The second kappa shape index (κ2) is 34.2. The fraction of sp³-hybridized carbons (Fsp3) is 0.317. The molecule has 97 heavy (non-hydrogen) atoms. The number of nitrogens with one attached hydrogen (secondary N) is 12. The van der Waals surface area contributed by atoms with E-state index in [4.69, 9.17) is 0 Å². The summed E-state index contributed by atoms with van der Waals surface area (Å²) in [5.41, 5.74) is 1.94. The quantitative estimate of drug-likeness (QED) is 0.0145. The summed E-state index contributed by atoms with van der Waals surface area (Å²) in [6.45, 7) is 0.770. The standard InChI is InChI=1S/C60H69N21O15S/c1-2-41(77-54(87)38-11-15-48(67-27-38)79-72-28-37-7-3-4-8-47(37)97(94,95)96)56(89)78-42(55(88)71-34-51(84)76-44(58(92)93)32-70-53(86)36-10-14-46-40(26-36)30-74-81(46)24-6-18-62-60-65-21-22-66-60)12-16-49(82)68-33-50(83)75-43(57(90)91)31-69-52(85)35-9-13-45-39(25-35)29-73-80(45)23-5-17-61-59-63-19-20-64-59/h3-4,7-11,13-15,19-22,25-27,29-30,41-44H,2,5-6,12,16-18,23-24,28,31-34H2,1H3,(H,68,82)(H,69,85)(H,70,86)(H,71,88)(H,75,83)(H,76,84)(H,77,87)(H,78,89)(H,90,91)(H,92,93)(H2,61,63,64)(H2,62,65,66)(H,94,95,96)/t41?,42?,43-,44-/m0/s1. The van der Waals surface area contributed by atoms with Crippen LogP contribution in [0.4, 0.5) is 17.7 Å². The molecule has 0 aliphatic carbocycles. The highest BCUT2D eigenvalue weighted by Crippen LogP contribution is 2.20. The Labute approximate surface area is 551 Å². The summed E-state index contributed by atoms with van der Waals surface area (Å²) < 4.78 is 36.6. The van der Waals surface area contributed by atoms with E-state index >= 15 is 0 Å². The Hall–Kier alpha value is -12.0. The van der Waals surface area contributed by atoms with E-state index in [0.717, 1.165) is 17.2 Å². The lowest BCUT2D eigenvalue weighted by Gasteiger charge is -2.23. The van der Waals surface area contributed by atoms with Crippen LogP contribution in [0, 0.1) is 0 Å². The first kappa shape index (κ1) is 70.8. The maximum atomic E-state index is 13.9. The summed E-state index contributed by atoms with van der Waals surface area (Å²) in [5, 5.41) is 63.1. The van der Waals surface area contributed by atoms with Crippen molar-refractivity contribution in [3.05, 3.63) is 138 Å². The van der Waals surface area contributed by atoms with Gasteiger partial charge in [0.05, 0.1) is 53.5 Å². The van der Waals surface area contributed by atoms with Gasteiger partial charge in [0, 0.05) is 98.6 Å². The molecule has 2 unspecified atom stereocenters. The van der Waals surface area contributed by atoms with Gasteiger partial charge in [-0.25, -0.2) is 24.5 Å². The number of pyridine rings is 1. The number of carboxylic acids is 2. The molecule has 37 heteroatoms. The Morgan fingerprint density at radius 3 is 1.63 bits per heavy atom. The fourth-order valence-electron chi connectivity index (χ4n) is 9.51. The third kappa shape index (κ3) is 21.0. The molecule has 3 aromatic carbocycles. The van der Waals surface area contributed by atoms with Crippen LogP contribution in [0.2, 0.25) is 0 Å². The van der Waals surface area contributed by atoms with E-state index in [1.165, 1.54) is 55.5 Å². The van der Waals surface area contributed by atoms with Crippen molar-refractivity contribution in [3.8, 4) is 0 Å². The summed E-state index contributed by atoms with van der Waals surface area (Å²) >= 11 is 0. The van der Waals surface area contributed by atoms with Crippen LogP contribution in [0.5, 0.6) is 0 Å². The predicted octanol–water partition coefficient (Wildman–Crippen LogP) is 0.767. The molecule has 0 fully saturated rings. The lowest BCUT2D eigenvalue weighted by Crippen LogP contribution is -2.55. The van der Waals surface area contributed by atoms with Crippen molar-refractivity contribution < 1.29 is 71.1 Å². The van der Waals surface area contributed by atoms with Gasteiger partial charge in [-0.1, -0.05) is 25.1 Å². The molecule has 8 rings (SSSR count). The number of carboxylic acid groups (broad SMARTS) is 2. The third-order valence-corrected chi connectivity index (χ3v) is 15.5. The van der Waals surface area contributed by atoms with Crippen LogP contribution in [0.25, 0.3) is 21.8 Å². The number of amides is 8. The largest absolute Gasteiger partial charge is 0.480 e. The Morgan fingerprint density at radius 1 is 0.577 bits per heavy atom. The number of carbonyl (C=O) groups is 10. The SMILES string of the molecule is CCC(NC(=O)c1ccc(N=NCc2ccccc2S(=O)(=O)O)nc1)C(=O)NC(CCC(=O)NCC(=O)N[C@@H](CNC(=O)c1ccc2c(cnn2CCCNc2ncc[nH]2)c1)C(=O)O)C(=O)NCC(=O)N[C@@H](CNC(=O)c1ccc2c(cnn2CCCNc2ncc[nH]2)c1)C(=O)O. The molecule has 510 valence electrons. The smallest absolute Gasteiger partial charge is 0.328 e. The number of aromatic nitrogens is 9. The van der Waals surface area contributed by atoms with Crippen LogP contribution < -0.4 is 53.2 Å². The Balaban J connectivity index is 0.839. The molecule has 8 amide bonds. The summed E-state index contributed by atoms with van der Waals surface area (Å²) in [7, 11) is -4.55. The molecular weight excluding hydrogens is 1290 g/mol. The second-order valence-corrected chi connectivity index (χ2v) is 22.9. The molecule has 0 aliphatic heterocycles. The van der Waals surface area contributed by atoms with Crippen LogP contribution >= 0.6 is 0 Å². The maximum absolute atomic E-state index is 13.9. The van der Waals surface area contributed by atoms with Gasteiger partial charge >= 0.3 is 11.9 Å². The number of aryl methyl sites for hydroxylation is 2. The number of carbonyl (C=O) groups excluding carboxylic acids is 8. The lowest BCUT2D eigenvalue weighted by atomic mass is 10.1. The van der Waals surface area contributed by atoms with Crippen molar-refractivity contribution in [2.24, 2.45) is 10.2 Å². The summed E-state index contributed by atoms with van der Waals surface area (Å²) in [5.74, 6) is -8.86. The first-order chi connectivity index (χ1) is 46.6. The number of azo groups is 1. The molecule has 0 spiro atoms. The minimum Gasteiger partial charge on any atom is -0.480 e. The number of benzene rings is 3. The highest BCUT2D eigenvalue weighted by molar-refractivity contribution is 7.85. The molecule has 15 N–H and O–H groups in total. The minimum atomic E-state index is -4.55. The number of nitrogens with zero attached hydrogens (tertiary/aromatic N) is 9. The summed E-state index contributed by atoms with van der Waals surface area (Å²) in [4.78, 5) is 149. The number of anilines is 2. The van der Waals surface area contributed by atoms with Crippen molar-refractivity contribution in [1.82, 2.24) is 87.0 Å². The Bertz CT molecular complexity index is 4260. The van der Waals surface area contributed by atoms with Crippen LogP contribution in [0.3, 0.4) is 0 Å². The van der Waals surface area contributed by atoms with Gasteiger partial charge in [-0.15, -0.1) is 5.11 Å². The Morgan fingerprint density at radius 2 is 1.12 bits per heavy atom. The average molecular weight is 1360 g/mol. The normalized spacial score (nSPS) is 12.6.